The van der Waals surface area contributed by atoms with E-state index in [2.05, 4.69) is 11.0 Å². The molecule has 2 heterocycles. The van der Waals surface area contributed by atoms with Crippen molar-refractivity contribution in [1.29, 1.82) is 0 Å². The molecule has 0 saturated carbocycles. The second-order valence-electron chi connectivity index (χ2n) is 4.78. The third-order valence-corrected chi connectivity index (χ3v) is 4.16. The fourth-order valence-electron chi connectivity index (χ4n) is 2.70. The zero-order chi connectivity index (χ0) is 11.8. The first kappa shape index (κ1) is 11.6. The lowest BCUT2D eigenvalue weighted by molar-refractivity contribution is 0.0305. The number of fused-ring (bicyclic) bond motifs is 2. The Kier molecular flexibility index (Phi) is 3.20. The van der Waals surface area contributed by atoms with E-state index in [9.17, 15) is 0 Å². The first-order chi connectivity index (χ1) is 8.26. The van der Waals surface area contributed by atoms with Crippen molar-refractivity contribution in [3.05, 3.63) is 28.8 Å². The molecule has 2 nitrogen and oxygen atoms in total. The van der Waals surface area contributed by atoms with E-state index in [4.69, 9.17) is 27.9 Å². The Bertz CT molecular complexity index is 412. The van der Waals surface area contributed by atoms with E-state index >= 15 is 0 Å². The van der Waals surface area contributed by atoms with E-state index < -0.39 is 0 Å². The quantitative estimate of drug-likeness (QED) is 0.765. The summed E-state index contributed by atoms with van der Waals surface area (Å²) in [7, 11) is 0. The third-order valence-electron chi connectivity index (χ3n) is 3.55. The second-order valence-corrected chi connectivity index (χ2v) is 5.46. The Hall–Kier alpha value is -0.440. The van der Waals surface area contributed by atoms with Gasteiger partial charge in [-0.1, -0.05) is 17.7 Å². The molecule has 1 aromatic rings. The maximum atomic E-state index is 6.32. The molecule has 2 fully saturated rings. The van der Waals surface area contributed by atoms with Gasteiger partial charge in [-0.15, -0.1) is 11.6 Å². The maximum Gasteiger partial charge on any atom is 0.0755 e. The molecule has 2 unspecified atom stereocenters. The Labute approximate surface area is 111 Å². The lowest BCUT2D eigenvalue weighted by Gasteiger charge is -2.34. The molecule has 2 saturated heterocycles. The Morgan fingerprint density at radius 3 is 2.53 bits per heavy atom. The molecule has 0 aromatic heterocycles. The Morgan fingerprint density at radius 1 is 1.24 bits per heavy atom. The van der Waals surface area contributed by atoms with Gasteiger partial charge in [-0.2, -0.15) is 0 Å². The van der Waals surface area contributed by atoms with E-state index in [1.165, 1.54) is 12.8 Å². The van der Waals surface area contributed by atoms with Crippen LogP contribution >= 0.6 is 23.2 Å². The van der Waals surface area contributed by atoms with Gasteiger partial charge in [0.25, 0.3) is 0 Å². The summed E-state index contributed by atoms with van der Waals surface area (Å²) < 4.78 is 5.83. The normalized spacial score (nSPS) is 27.5. The predicted molar refractivity (Wildman–Crippen MR) is 71.1 cm³/mol. The van der Waals surface area contributed by atoms with E-state index in [1.807, 2.05) is 12.1 Å². The lowest BCUT2D eigenvalue weighted by atomic mass is 10.2. The topological polar surface area (TPSA) is 12.5 Å². The molecule has 2 aliphatic heterocycles. The molecule has 0 N–H and O–H groups in total. The largest absolute Gasteiger partial charge is 0.371 e. The highest BCUT2D eigenvalue weighted by molar-refractivity contribution is 6.33. The van der Waals surface area contributed by atoms with Gasteiger partial charge in [-0.25, -0.2) is 0 Å². The van der Waals surface area contributed by atoms with Gasteiger partial charge in [0.15, 0.2) is 0 Å². The zero-order valence-corrected chi connectivity index (χ0v) is 11.0. The van der Waals surface area contributed by atoms with Crippen molar-refractivity contribution in [2.45, 2.75) is 30.9 Å². The van der Waals surface area contributed by atoms with Crippen molar-refractivity contribution in [2.75, 3.05) is 18.0 Å². The average Bonchev–Trinajstić information content (AvgIpc) is 2.68. The van der Waals surface area contributed by atoms with Crippen molar-refractivity contribution in [2.24, 2.45) is 0 Å². The van der Waals surface area contributed by atoms with Crippen LogP contribution in [0.4, 0.5) is 5.69 Å². The minimum absolute atomic E-state index is 0.387. The van der Waals surface area contributed by atoms with E-state index in [0.717, 1.165) is 29.4 Å². The molecule has 0 spiro atoms. The molecule has 1 aromatic carbocycles. The van der Waals surface area contributed by atoms with Gasteiger partial charge in [0.1, 0.15) is 0 Å². The van der Waals surface area contributed by atoms with Crippen LogP contribution in [0.5, 0.6) is 0 Å². The van der Waals surface area contributed by atoms with Crippen LogP contribution in [0.3, 0.4) is 0 Å². The summed E-state index contributed by atoms with van der Waals surface area (Å²) >= 11 is 12.1. The van der Waals surface area contributed by atoms with Crippen LogP contribution in [0.15, 0.2) is 18.2 Å². The highest BCUT2D eigenvalue weighted by Gasteiger charge is 2.34. The minimum atomic E-state index is 0.387. The van der Waals surface area contributed by atoms with Crippen molar-refractivity contribution < 1.29 is 4.74 Å². The molecule has 4 heteroatoms. The number of anilines is 1. The monoisotopic (exact) mass is 271 g/mol. The number of rotatable bonds is 2. The van der Waals surface area contributed by atoms with E-state index in [1.54, 1.807) is 0 Å². The minimum Gasteiger partial charge on any atom is -0.371 e. The van der Waals surface area contributed by atoms with Crippen LogP contribution in [-0.2, 0) is 10.6 Å². The molecule has 0 aliphatic carbocycles. The van der Waals surface area contributed by atoms with Crippen molar-refractivity contribution in [1.82, 2.24) is 0 Å². The fourth-order valence-corrected chi connectivity index (χ4v) is 3.19. The maximum absolute atomic E-state index is 6.32. The number of alkyl halides is 1. The van der Waals surface area contributed by atoms with E-state index in [-0.39, 0.29) is 0 Å². The molecule has 92 valence electrons. The zero-order valence-electron chi connectivity index (χ0n) is 9.53. The predicted octanol–water partition coefficient (Wildman–Crippen LogP) is 3.45. The lowest BCUT2D eigenvalue weighted by Crippen LogP contribution is -2.42. The number of ether oxygens (including phenoxy) is 1. The highest BCUT2D eigenvalue weighted by Crippen LogP contribution is 2.33. The first-order valence-corrected chi connectivity index (χ1v) is 6.92. The van der Waals surface area contributed by atoms with Crippen LogP contribution in [0.25, 0.3) is 0 Å². The van der Waals surface area contributed by atoms with E-state index in [0.29, 0.717) is 18.1 Å². The summed E-state index contributed by atoms with van der Waals surface area (Å²) in [5, 5.41) is 0.796. The standard InChI is InChI=1S/C13H15Cl2NO/c14-6-9-1-4-13(12(15)5-9)16-7-10-2-3-11(8-16)17-10/h1,4-5,10-11H,2-3,6-8H2. The summed E-state index contributed by atoms with van der Waals surface area (Å²) in [6, 6.07) is 6.08. The van der Waals surface area contributed by atoms with Gasteiger partial charge < -0.3 is 9.64 Å². The number of halogens is 2. The summed E-state index contributed by atoms with van der Waals surface area (Å²) in [4.78, 5) is 2.34. The second kappa shape index (κ2) is 4.68. The van der Waals surface area contributed by atoms with Gasteiger partial charge >= 0.3 is 0 Å². The van der Waals surface area contributed by atoms with Gasteiger partial charge in [0.05, 0.1) is 22.9 Å². The summed E-state index contributed by atoms with van der Waals surface area (Å²) in [5.41, 5.74) is 2.18. The van der Waals surface area contributed by atoms with Crippen LogP contribution in [-0.4, -0.2) is 25.3 Å². The highest BCUT2D eigenvalue weighted by atomic mass is 35.5. The smallest absolute Gasteiger partial charge is 0.0755 e. The first-order valence-electron chi connectivity index (χ1n) is 6.01. The number of nitrogens with zero attached hydrogens (tertiary/aromatic N) is 1. The third kappa shape index (κ3) is 2.26. The van der Waals surface area contributed by atoms with Crippen molar-refractivity contribution in [3.63, 3.8) is 0 Å². The fraction of sp³-hybridized carbons (Fsp3) is 0.538. The molecule has 2 aliphatic rings. The van der Waals surface area contributed by atoms with Gasteiger partial charge in [0.2, 0.25) is 0 Å². The van der Waals surface area contributed by atoms with Crippen molar-refractivity contribution in [3.8, 4) is 0 Å². The Morgan fingerprint density at radius 2 is 1.94 bits per heavy atom. The molecule has 2 bridgehead atoms. The molecule has 17 heavy (non-hydrogen) atoms. The summed E-state index contributed by atoms with van der Waals surface area (Å²) in [6.45, 7) is 1.91. The number of hydrogen-bond donors (Lipinski definition) is 0. The van der Waals surface area contributed by atoms with Gasteiger partial charge in [0, 0.05) is 19.0 Å². The average molecular weight is 272 g/mol. The molecule has 0 radical (unpaired) electrons. The van der Waals surface area contributed by atoms with Crippen molar-refractivity contribution >= 4 is 28.9 Å². The molecular weight excluding hydrogens is 257 g/mol. The molecule has 3 rings (SSSR count). The van der Waals surface area contributed by atoms with Gasteiger partial charge in [-0.3, -0.25) is 0 Å². The molecular formula is C13H15Cl2NO. The molecule has 2 atom stereocenters. The Balaban J connectivity index is 1.84. The molecule has 0 amide bonds. The van der Waals surface area contributed by atoms with Crippen LogP contribution in [0, 0.1) is 0 Å². The number of morpholine rings is 1. The van der Waals surface area contributed by atoms with Crippen LogP contribution in [0.2, 0.25) is 5.02 Å². The number of hydrogen-bond acceptors (Lipinski definition) is 2. The summed E-state index contributed by atoms with van der Waals surface area (Å²) in [6.07, 6.45) is 3.13. The number of benzene rings is 1. The summed E-state index contributed by atoms with van der Waals surface area (Å²) in [5.74, 6) is 0.508. The van der Waals surface area contributed by atoms with Gasteiger partial charge in [-0.05, 0) is 30.5 Å². The SMILES string of the molecule is ClCc1ccc(N2CC3CCC(C2)O3)c(Cl)c1. The van der Waals surface area contributed by atoms with Crippen LogP contribution < -0.4 is 4.90 Å². The van der Waals surface area contributed by atoms with Crippen LogP contribution in [0.1, 0.15) is 18.4 Å².